The Morgan fingerprint density at radius 1 is 0.279 bits per heavy atom. The van der Waals surface area contributed by atoms with Crippen molar-refractivity contribution in [2.75, 3.05) is 39.6 Å². The summed E-state index contributed by atoms with van der Waals surface area (Å²) in [6, 6.07) is 0. The molecule has 17 nitrogen and oxygen atoms in total. The molecule has 0 aromatic rings. The largest absolute Gasteiger partial charge is 0.472 e. The monoisotopic (exact) mass is 1500 g/mol. The first-order valence-electron chi connectivity index (χ1n) is 40.8. The van der Waals surface area contributed by atoms with Crippen molar-refractivity contribution in [1.29, 1.82) is 0 Å². The van der Waals surface area contributed by atoms with E-state index in [0.717, 1.165) is 199 Å². The van der Waals surface area contributed by atoms with Crippen molar-refractivity contribution < 1.29 is 80.2 Å². The van der Waals surface area contributed by atoms with Crippen LogP contribution in [0.3, 0.4) is 0 Å². The topological polar surface area (TPSA) is 237 Å². The second-order valence-corrected chi connectivity index (χ2v) is 29.9. The second-order valence-electron chi connectivity index (χ2n) is 27.0. The predicted octanol–water partition coefficient (Wildman–Crippen LogP) is 23.9. The average Bonchev–Trinajstić information content (AvgIpc) is 0.928. The van der Waals surface area contributed by atoms with Gasteiger partial charge in [0, 0.05) is 25.7 Å². The van der Waals surface area contributed by atoms with Crippen LogP contribution in [0.15, 0.2) is 122 Å². The fourth-order valence-corrected chi connectivity index (χ4v) is 12.3. The number of allylic oxidation sites excluding steroid dienone is 20. The minimum atomic E-state index is -4.99. The molecule has 0 aromatic heterocycles. The van der Waals surface area contributed by atoms with Gasteiger partial charge in [0.1, 0.15) is 19.3 Å². The lowest BCUT2D eigenvalue weighted by Gasteiger charge is -2.21. The second kappa shape index (κ2) is 76.6. The first-order chi connectivity index (χ1) is 50.7. The van der Waals surface area contributed by atoms with Gasteiger partial charge in [0.2, 0.25) is 0 Å². The molecule has 0 fully saturated rings. The van der Waals surface area contributed by atoms with E-state index < -0.39 is 97.5 Å². The van der Waals surface area contributed by atoms with Gasteiger partial charge in [-0.05, 0) is 135 Å². The number of hydrogen-bond donors (Lipinski definition) is 3. The minimum Gasteiger partial charge on any atom is -0.462 e. The number of phosphoric ester groups is 2. The fourth-order valence-electron chi connectivity index (χ4n) is 10.8. The lowest BCUT2D eigenvalue weighted by molar-refractivity contribution is -0.161. The number of ether oxygens (including phenoxy) is 4. The molecule has 0 aliphatic heterocycles. The molecule has 0 spiro atoms. The Hall–Kier alpha value is -4.54. The molecule has 0 saturated carbocycles. The van der Waals surface area contributed by atoms with Crippen LogP contribution in [0, 0.1) is 0 Å². The minimum absolute atomic E-state index is 0.0751. The van der Waals surface area contributed by atoms with Gasteiger partial charge in [0.25, 0.3) is 0 Å². The number of esters is 4. The fraction of sp³-hybridized carbons (Fsp3) is 0.718. The molecule has 5 atom stereocenters. The predicted molar refractivity (Wildman–Crippen MR) is 427 cm³/mol. The number of aliphatic hydroxyl groups is 1. The standard InChI is InChI=1S/C85H146O17P2/c1-5-9-13-17-21-25-29-32-35-37-39-41-44-47-51-54-58-62-66-70-83(88)96-76-81(102-85(90)72-68-64-60-56-52-48-45-42-40-38-36-33-30-26-22-18-14-10-6-2)78-100-104(93,94)98-74-79(86)73-97-103(91,92)99-77-80(101-84(89)71-67-63-59-55-49-28-24-20-16-12-8-4)75-95-82(87)69-65-61-57-53-50-46-43-34-31-27-23-19-15-11-7-3/h9,11,13,15,21-23,25-27,32-36,39-43,79-81,86H,5-8,10,12,14,16-20,24,28-31,37-38,44-78H2,1-4H3,(H,91,92)(H,93,94)/b13-9-,15-11-,25-21-,26-22-,27-23-,35-32-,36-33-,41-39-,42-40-,43-34-. The molecule has 0 amide bonds. The molecule has 0 aliphatic carbocycles. The van der Waals surface area contributed by atoms with Crippen molar-refractivity contribution in [3.8, 4) is 0 Å². The number of hydrogen-bond acceptors (Lipinski definition) is 15. The highest BCUT2D eigenvalue weighted by Crippen LogP contribution is 2.45. The Bertz CT molecular complexity index is 2440. The van der Waals surface area contributed by atoms with Crippen molar-refractivity contribution in [2.24, 2.45) is 0 Å². The van der Waals surface area contributed by atoms with E-state index in [0.29, 0.717) is 25.7 Å². The summed E-state index contributed by atoms with van der Waals surface area (Å²) in [5.41, 5.74) is 0. The van der Waals surface area contributed by atoms with E-state index in [-0.39, 0.29) is 25.7 Å². The summed E-state index contributed by atoms with van der Waals surface area (Å²) in [6.45, 7) is 4.60. The number of phosphoric acid groups is 2. The highest BCUT2D eigenvalue weighted by molar-refractivity contribution is 7.47. The molecule has 19 heteroatoms. The Morgan fingerprint density at radius 3 is 0.788 bits per heavy atom. The van der Waals surface area contributed by atoms with E-state index in [1.165, 1.54) is 57.8 Å². The molecular formula is C85H146O17P2. The molecule has 598 valence electrons. The van der Waals surface area contributed by atoms with Gasteiger partial charge < -0.3 is 33.8 Å². The Balaban J connectivity index is 5.37. The zero-order chi connectivity index (χ0) is 76.0. The van der Waals surface area contributed by atoms with Crippen molar-refractivity contribution in [1.82, 2.24) is 0 Å². The van der Waals surface area contributed by atoms with Crippen LogP contribution in [0.4, 0.5) is 0 Å². The Morgan fingerprint density at radius 2 is 0.500 bits per heavy atom. The highest BCUT2D eigenvalue weighted by atomic mass is 31.2. The number of rotatable bonds is 76. The molecule has 0 aliphatic rings. The smallest absolute Gasteiger partial charge is 0.462 e. The zero-order valence-electron chi connectivity index (χ0n) is 65.4. The molecule has 0 saturated heterocycles. The van der Waals surface area contributed by atoms with Gasteiger partial charge >= 0.3 is 39.5 Å². The lowest BCUT2D eigenvalue weighted by Crippen LogP contribution is -2.30. The van der Waals surface area contributed by atoms with E-state index in [1.54, 1.807) is 0 Å². The molecule has 5 unspecified atom stereocenters. The summed E-state index contributed by atoms with van der Waals surface area (Å²) in [5, 5.41) is 10.6. The normalized spacial score (nSPS) is 14.5. The van der Waals surface area contributed by atoms with E-state index in [4.69, 9.17) is 37.0 Å². The number of carbonyl (C=O) groups excluding carboxylic acids is 4. The van der Waals surface area contributed by atoms with Crippen LogP contribution in [0.5, 0.6) is 0 Å². The zero-order valence-corrected chi connectivity index (χ0v) is 67.2. The first kappa shape index (κ1) is 99.5. The van der Waals surface area contributed by atoms with Crippen LogP contribution in [0.2, 0.25) is 0 Å². The van der Waals surface area contributed by atoms with Gasteiger partial charge in [-0.1, -0.05) is 297 Å². The lowest BCUT2D eigenvalue weighted by atomic mass is 10.1. The maximum absolute atomic E-state index is 13.1. The summed E-state index contributed by atoms with van der Waals surface area (Å²) in [5.74, 6) is -2.21. The Labute approximate surface area is 632 Å². The van der Waals surface area contributed by atoms with Gasteiger partial charge in [-0.2, -0.15) is 0 Å². The van der Waals surface area contributed by atoms with Gasteiger partial charge in [0.15, 0.2) is 12.2 Å². The average molecular weight is 1500 g/mol. The SMILES string of the molecule is CC/C=C\C/C=C\C/C=C\C/C=C\CCCCCCCCC(=O)OCC(COP(=O)(O)OCC(O)COP(=O)(O)OCC(COC(=O)CCCCCCC/C=C\C/C=C\C/C=C\CC)OC(=O)CCCCCCCCCCCCC)OC(=O)CCCCCCCC/C=C\C/C=C\C/C=C\CCCCC. The number of carbonyl (C=O) groups is 4. The van der Waals surface area contributed by atoms with E-state index >= 15 is 0 Å². The van der Waals surface area contributed by atoms with Crippen LogP contribution < -0.4 is 0 Å². The van der Waals surface area contributed by atoms with E-state index in [9.17, 15) is 43.2 Å². The van der Waals surface area contributed by atoms with E-state index in [1.807, 2.05) is 0 Å². The third kappa shape index (κ3) is 75.7. The van der Waals surface area contributed by atoms with Crippen molar-refractivity contribution in [3.63, 3.8) is 0 Å². The molecule has 0 aromatic carbocycles. The third-order valence-electron chi connectivity index (χ3n) is 16.9. The summed E-state index contributed by atoms with van der Waals surface area (Å²) in [7, 11) is -9.97. The molecule has 0 rings (SSSR count). The summed E-state index contributed by atoms with van der Waals surface area (Å²) < 4.78 is 68.6. The number of unbranched alkanes of at least 4 members (excludes halogenated alkanes) is 30. The molecule has 104 heavy (non-hydrogen) atoms. The molecule has 0 heterocycles. The van der Waals surface area contributed by atoms with Crippen molar-refractivity contribution in [2.45, 2.75) is 354 Å². The summed E-state index contributed by atoms with van der Waals surface area (Å²) in [6.07, 6.45) is 84.5. The quantitative estimate of drug-likeness (QED) is 0.0169. The maximum atomic E-state index is 13.1. The molecular weight excluding hydrogens is 1350 g/mol. The summed E-state index contributed by atoms with van der Waals surface area (Å²) >= 11 is 0. The van der Waals surface area contributed by atoms with E-state index in [2.05, 4.69) is 149 Å². The summed E-state index contributed by atoms with van der Waals surface area (Å²) in [4.78, 5) is 73.0. The van der Waals surface area contributed by atoms with Gasteiger partial charge in [0.05, 0.1) is 26.4 Å². The molecule has 3 N–H and O–H groups in total. The van der Waals surface area contributed by atoms with Crippen LogP contribution in [-0.2, 0) is 65.4 Å². The highest BCUT2D eigenvalue weighted by Gasteiger charge is 2.30. The molecule has 0 radical (unpaired) electrons. The van der Waals surface area contributed by atoms with Crippen LogP contribution >= 0.6 is 15.6 Å². The third-order valence-corrected chi connectivity index (χ3v) is 18.8. The van der Waals surface area contributed by atoms with Crippen LogP contribution in [-0.4, -0.2) is 96.7 Å². The van der Waals surface area contributed by atoms with Crippen molar-refractivity contribution >= 4 is 39.5 Å². The maximum Gasteiger partial charge on any atom is 0.472 e. The first-order valence-corrected chi connectivity index (χ1v) is 43.8. The number of aliphatic hydroxyl groups excluding tert-OH is 1. The van der Waals surface area contributed by atoms with Gasteiger partial charge in [-0.3, -0.25) is 37.3 Å². The Kier molecular flexibility index (Phi) is 73.3. The molecule has 0 bridgehead atoms. The van der Waals surface area contributed by atoms with Gasteiger partial charge in [-0.25, -0.2) is 9.13 Å². The van der Waals surface area contributed by atoms with Crippen LogP contribution in [0.1, 0.15) is 336 Å². The van der Waals surface area contributed by atoms with Crippen LogP contribution in [0.25, 0.3) is 0 Å². The van der Waals surface area contributed by atoms with Crippen molar-refractivity contribution in [3.05, 3.63) is 122 Å². The van der Waals surface area contributed by atoms with Gasteiger partial charge in [-0.15, -0.1) is 0 Å².